The summed E-state index contributed by atoms with van der Waals surface area (Å²) < 4.78 is 13.6. The first kappa shape index (κ1) is 20.4. The summed E-state index contributed by atoms with van der Waals surface area (Å²) in [6, 6.07) is 17.3. The Labute approximate surface area is 179 Å². The topological polar surface area (TPSA) is 75.4 Å². The van der Waals surface area contributed by atoms with Crippen molar-refractivity contribution in [3.05, 3.63) is 72.1 Å². The Kier molecular flexibility index (Phi) is 5.33. The molecule has 0 bridgehead atoms. The Morgan fingerprint density at radius 2 is 1.65 bits per heavy atom. The molecule has 0 aliphatic rings. The summed E-state index contributed by atoms with van der Waals surface area (Å²) in [6.07, 6.45) is 2.03. The molecule has 158 valence electrons. The lowest BCUT2D eigenvalue weighted by molar-refractivity contribution is 0.0549. The summed E-state index contributed by atoms with van der Waals surface area (Å²) in [7, 11) is 2.55. The van der Waals surface area contributed by atoms with E-state index in [4.69, 9.17) is 9.47 Å². The molecular weight excluding hydrogens is 394 g/mol. The number of nitrogens with zero attached hydrogens (tertiary/aromatic N) is 3. The van der Waals surface area contributed by atoms with Gasteiger partial charge in [-0.3, -0.25) is 0 Å². The number of hydrogen-bond acceptors (Lipinski definition) is 5. The minimum Gasteiger partial charge on any atom is -0.465 e. The van der Waals surface area contributed by atoms with Gasteiger partial charge >= 0.3 is 11.9 Å². The highest BCUT2D eigenvalue weighted by Crippen LogP contribution is 2.32. The van der Waals surface area contributed by atoms with E-state index in [1.54, 1.807) is 12.1 Å². The lowest BCUT2D eigenvalue weighted by atomic mass is 10.0. The van der Waals surface area contributed by atoms with Crippen LogP contribution < -0.4 is 0 Å². The summed E-state index contributed by atoms with van der Waals surface area (Å²) in [5.74, 6) is -1.33. The Morgan fingerprint density at radius 3 is 2.29 bits per heavy atom. The number of hydrogen-bond donors (Lipinski definition) is 0. The second kappa shape index (κ2) is 8.10. The molecule has 0 spiro atoms. The summed E-state index contributed by atoms with van der Waals surface area (Å²) in [5, 5.41) is 5.74. The van der Waals surface area contributed by atoms with Gasteiger partial charge in [0.05, 0.1) is 19.9 Å². The number of fused-ring (bicyclic) bond motifs is 1. The first-order valence-electron chi connectivity index (χ1n) is 9.92. The van der Waals surface area contributed by atoms with Gasteiger partial charge in [-0.05, 0) is 43.5 Å². The summed E-state index contributed by atoms with van der Waals surface area (Å²) in [5.41, 5.74) is 2.79. The van der Waals surface area contributed by atoms with Crippen molar-refractivity contribution in [2.45, 2.75) is 19.9 Å². The number of aromatic nitrogens is 3. The predicted molar refractivity (Wildman–Crippen MR) is 118 cm³/mol. The van der Waals surface area contributed by atoms with Gasteiger partial charge in [0, 0.05) is 23.3 Å². The maximum absolute atomic E-state index is 12.8. The maximum atomic E-state index is 12.8. The zero-order valence-corrected chi connectivity index (χ0v) is 17.8. The number of benzene rings is 2. The van der Waals surface area contributed by atoms with Crippen LogP contribution in [-0.4, -0.2) is 40.5 Å². The van der Waals surface area contributed by atoms with Crippen LogP contribution in [0.3, 0.4) is 0 Å². The number of para-hydroxylation sites is 1. The molecule has 4 aromatic rings. The van der Waals surface area contributed by atoms with Crippen molar-refractivity contribution >= 4 is 22.8 Å². The molecule has 2 heterocycles. The molecule has 0 saturated carbocycles. The number of carbonyl (C=O) groups excluding carboxylic acids is 2. The lowest BCUT2D eigenvalue weighted by Crippen LogP contribution is -2.15. The summed E-state index contributed by atoms with van der Waals surface area (Å²) in [4.78, 5) is 25.5. The molecule has 0 atom stereocenters. The molecule has 0 N–H and O–H groups in total. The Hall–Kier alpha value is -3.87. The smallest absolute Gasteiger partial charge is 0.357 e. The third-order valence-electron chi connectivity index (χ3n) is 5.21. The molecule has 0 fully saturated rings. The fraction of sp³-hybridized carbons (Fsp3) is 0.208. The van der Waals surface area contributed by atoms with Gasteiger partial charge in [-0.2, -0.15) is 5.10 Å². The van der Waals surface area contributed by atoms with Crippen LogP contribution in [0.4, 0.5) is 0 Å². The van der Waals surface area contributed by atoms with Gasteiger partial charge in [0.15, 0.2) is 5.69 Å². The molecule has 0 unspecified atom stereocenters. The highest BCUT2D eigenvalue weighted by Gasteiger charge is 2.31. The van der Waals surface area contributed by atoms with E-state index in [1.807, 2.05) is 48.7 Å². The van der Waals surface area contributed by atoms with Gasteiger partial charge in [-0.1, -0.05) is 30.3 Å². The van der Waals surface area contributed by atoms with Gasteiger partial charge in [-0.25, -0.2) is 14.3 Å². The lowest BCUT2D eigenvalue weighted by Gasteiger charge is -2.10. The van der Waals surface area contributed by atoms with E-state index in [9.17, 15) is 9.59 Å². The van der Waals surface area contributed by atoms with Crippen LogP contribution in [0.5, 0.6) is 0 Å². The van der Waals surface area contributed by atoms with Crippen LogP contribution in [0.1, 0.15) is 40.7 Å². The first-order chi connectivity index (χ1) is 15.0. The molecule has 7 nitrogen and oxygen atoms in total. The van der Waals surface area contributed by atoms with E-state index in [-0.39, 0.29) is 17.3 Å². The van der Waals surface area contributed by atoms with Crippen molar-refractivity contribution in [3.8, 4) is 16.9 Å². The Bertz CT molecular complexity index is 1270. The second-order valence-corrected chi connectivity index (χ2v) is 7.39. The summed E-state index contributed by atoms with van der Waals surface area (Å²) >= 11 is 0. The fourth-order valence-electron chi connectivity index (χ4n) is 3.70. The minimum atomic E-state index is -0.672. The van der Waals surface area contributed by atoms with Gasteiger partial charge in [0.25, 0.3) is 0 Å². The van der Waals surface area contributed by atoms with Crippen molar-refractivity contribution < 1.29 is 19.1 Å². The molecule has 31 heavy (non-hydrogen) atoms. The van der Waals surface area contributed by atoms with E-state index < -0.39 is 11.9 Å². The molecular formula is C24H23N3O4. The first-order valence-corrected chi connectivity index (χ1v) is 9.92. The SMILES string of the molecule is COC(=O)c1c(-c2ccc3ccn(C(C)C)c3c2)nn(-c2ccccc2)c1C(=O)OC. The zero-order valence-electron chi connectivity index (χ0n) is 17.8. The van der Waals surface area contributed by atoms with Crippen LogP contribution in [0.25, 0.3) is 27.8 Å². The van der Waals surface area contributed by atoms with E-state index in [2.05, 4.69) is 23.5 Å². The number of ether oxygens (including phenoxy) is 2. The Balaban J connectivity index is 2.03. The standard InChI is InChI=1S/C24H23N3O4/c1-15(2)26-13-12-16-10-11-17(14-19(16)26)21-20(23(28)30-3)22(24(29)31-4)27(25-21)18-8-6-5-7-9-18/h5-15H,1-4H3. The quantitative estimate of drug-likeness (QED) is 0.442. The molecule has 0 radical (unpaired) electrons. The summed E-state index contributed by atoms with van der Waals surface area (Å²) in [6.45, 7) is 4.21. The fourth-order valence-corrected chi connectivity index (χ4v) is 3.70. The van der Waals surface area contributed by atoms with Crippen molar-refractivity contribution in [1.82, 2.24) is 14.3 Å². The highest BCUT2D eigenvalue weighted by molar-refractivity contribution is 6.07. The van der Waals surface area contributed by atoms with Gasteiger partial charge in [0.1, 0.15) is 11.3 Å². The molecule has 2 aromatic carbocycles. The molecule has 2 aromatic heterocycles. The van der Waals surface area contributed by atoms with Crippen LogP contribution >= 0.6 is 0 Å². The average Bonchev–Trinajstić information content (AvgIpc) is 3.40. The van der Waals surface area contributed by atoms with Crippen molar-refractivity contribution in [3.63, 3.8) is 0 Å². The van der Waals surface area contributed by atoms with Crippen molar-refractivity contribution in [2.75, 3.05) is 14.2 Å². The van der Waals surface area contributed by atoms with Crippen LogP contribution in [0.2, 0.25) is 0 Å². The second-order valence-electron chi connectivity index (χ2n) is 7.39. The van der Waals surface area contributed by atoms with Crippen molar-refractivity contribution in [2.24, 2.45) is 0 Å². The van der Waals surface area contributed by atoms with Crippen molar-refractivity contribution in [1.29, 1.82) is 0 Å². The molecule has 0 amide bonds. The van der Waals surface area contributed by atoms with Gasteiger partial charge in [-0.15, -0.1) is 0 Å². The van der Waals surface area contributed by atoms with Crippen LogP contribution in [0.15, 0.2) is 60.8 Å². The van der Waals surface area contributed by atoms with E-state index in [0.717, 1.165) is 10.9 Å². The molecule has 7 heteroatoms. The predicted octanol–water partition coefficient (Wildman–Crippen LogP) is 4.65. The third kappa shape index (κ3) is 3.48. The highest BCUT2D eigenvalue weighted by atomic mass is 16.5. The van der Waals surface area contributed by atoms with Gasteiger partial charge in [0.2, 0.25) is 0 Å². The number of carbonyl (C=O) groups is 2. The average molecular weight is 417 g/mol. The third-order valence-corrected chi connectivity index (χ3v) is 5.21. The zero-order chi connectivity index (χ0) is 22.1. The number of rotatable bonds is 5. The monoisotopic (exact) mass is 417 g/mol. The minimum absolute atomic E-state index is 0.0230. The maximum Gasteiger partial charge on any atom is 0.357 e. The molecule has 0 aliphatic heterocycles. The molecule has 0 saturated heterocycles. The van der Waals surface area contributed by atoms with Gasteiger partial charge < -0.3 is 14.0 Å². The van der Waals surface area contributed by atoms with E-state index in [0.29, 0.717) is 16.9 Å². The van der Waals surface area contributed by atoms with Crippen LogP contribution in [-0.2, 0) is 9.47 Å². The molecule has 4 rings (SSSR count). The van der Waals surface area contributed by atoms with Crippen LogP contribution in [0, 0.1) is 0 Å². The van der Waals surface area contributed by atoms with E-state index >= 15 is 0 Å². The largest absolute Gasteiger partial charge is 0.465 e. The Morgan fingerprint density at radius 1 is 0.935 bits per heavy atom. The number of methoxy groups -OCH3 is 2. The number of esters is 2. The normalized spacial score (nSPS) is 11.1. The molecule has 0 aliphatic carbocycles. The van der Waals surface area contributed by atoms with E-state index in [1.165, 1.54) is 18.9 Å².